The molecule has 2 saturated heterocycles. The Balaban J connectivity index is 0.910. The number of hydrogen-bond donors (Lipinski definition) is 6. The summed E-state index contributed by atoms with van der Waals surface area (Å²) in [6.07, 6.45) is 23.6. The highest BCUT2D eigenvalue weighted by Gasteiger charge is 2.82. The number of epoxide rings is 1. The standard InChI is InChI=1S/C72H92N4O7/c1-65(2)64(83-65)53(78)36-66(3)47-15-10-11-21-70-23-18-54-68(5,71-22-17-43(34-71)58-50(19-26-74-58)56(71)63(80)69(54)20-12-16-49(35-69)73-6)62(70)61(79)51(55-57(66)52(77)37-67(55,70)4)40-76-39-46(59-60(76)45(33-47)38-75-59)30-41-29-44(42-13-8-7-9-14-42)32-48(31-41)72(81)24-27-82-28-25-72/h19,26,29,31-32,38-39,42-43,47,49,51,53-54,56,61-62,64,73-75,78-79,81H,7-9,12-18,20-25,27-28,30,33-37,40H2,1-6H3. The predicted octanol–water partition coefficient (Wildman–Crippen LogP) is 11.9. The zero-order valence-corrected chi connectivity index (χ0v) is 50.5. The van der Waals surface area contributed by atoms with Crippen LogP contribution in [-0.4, -0.2) is 91.6 Å². The molecule has 3 spiro atoms. The third kappa shape index (κ3) is 7.20. The number of aromatic nitrogens is 3. The van der Waals surface area contributed by atoms with Crippen molar-refractivity contribution < 1.29 is 34.4 Å². The second kappa shape index (κ2) is 18.4. The molecule has 9 aliphatic carbocycles. The van der Waals surface area contributed by atoms with Gasteiger partial charge in [-0.2, -0.15) is 0 Å². The molecule has 6 saturated carbocycles. The first-order valence-corrected chi connectivity index (χ1v) is 33.1. The number of benzene rings is 1. The summed E-state index contributed by atoms with van der Waals surface area (Å²) in [5, 5.41) is 43.6. The molecule has 83 heavy (non-hydrogen) atoms. The number of nitrogens with zero attached hydrogens (tertiary/aromatic N) is 1. The number of aromatic amines is 2. The molecule has 16 rings (SSSR count). The minimum atomic E-state index is -0.938. The number of rotatable bonds is 8. The van der Waals surface area contributed by atoms with E-state index >= 15 is 9.59 Å². The third-order valence-corrected chi connectivity index (χ3v) is 27.5. The lowest BCUT2D eigenvalue weighted by Crippen LogP contribution is -2.75. The topological polar surface area (TPSA) is 165 Å². The predicted molar refractivity (Wildman–Crippen MR) is 320 cm³/mol. The average molecular weight is 1130 g/mol. The van der Waals surface area contributed by atoms with Crippen LogP contribution in [0.25, 0.3) is 11.0 Å². The second-order valence-corrected chi connectivity index (χ2v) is 31.2. The molecule has 3 aliphatic heterocycles. The molecule has 11 nitrogen and oxygen atoms in total. The SMILES string of the molecule is CNC1CCCC2(C1)C(=O)C1c3cc[nH]c3C3CCC1(C3)C1(C)C2CCC23CC#CCC4Cc5c[nH]c6c(Cc7cc(C8CCCCC8)cc(C8(O)CCOCC8)c7)cn(c56)CC(C5=C(C(=O)CC52C)C4(C)CC(O)C2OC2(C)C)C(O)C31. The van der Waals surface area contributed by atoms with Gasteiger partial charge in [-0.15, -0.1) is 11.8 Å². The van der Waals surface area contributed by atoms with Gasteiger partial charge in [0.2, 0.25) is 0 Å². The largest absolute Gasteiger partial charge is 0.392 e. The van der Waals surface area contributed by atoms with Crippen molar-refractivity contribution in [3.8, 4) is 11.8 Å². The lowest BCUT2D eigenvalue weighted by molar-refractivity contribution is -0.274. The fourth-order valence-electron chi connectivity index (χ4n) is 23.7. The van der Waals surface area contributed by atoms with E-state index in [2.05, 4.69) is 116 Å². The molecule has 3 aromatic heterocycles. The van der Waals surface area contributed by atoms with Gasteiger partial charge in [0, 0.05) is 116 Å². The highest BCUT2D eigenvalue weighted by molar-refractivity contribution is 6.02. The number of allylic oxidation sites excluding steroid dienone is 1. The molecule has 1 aromatic carbocycles. The van der Waals surface area contributed by atoms with Crippen molar-refractivity contribution in [3.63, 3.8) is 0 Å². The smallest absolute Gasteiger partial charge is 0.160 e. The summed E-state index contributed by atoms with van der Waals surface area (Å²) in [7, 11) is 2.09. The maximum absolute atomic E-state index is 16.5. The number of fused-ring (bicyclic) bond motifs is 8. The number of hydrogen-bond acceptors (Lipinski definition) is 8. The Bertz CT molecular complexity index is 3450. The molecule has 16 atom stereocenters. The fourth-order valence-corrected chi connectivity index (χ4v) is 23.7. The lowest BCUT2D eigenvalue weighted by atomic mass is 9.26. The van der Waals surface area contributed by atoms with Gasteiger partial charge in [0.1, 0.15) is 11.9 Å². The molecular formula is C72H92N4O7. The summed E-state index contributed by atoms with van der Waals surface area (Å²) in [4.78, 5) is 40.5. The summed E-state index contributed by atoms with van der Waals surface area (Å²) in [5.41, 5.74) is 7.91. The summed E-state index contributed by atoms with van der Waals surface area (Å²) >= 11 is 0. The van der Waals surface area contributed by atoms with E-state index in [0.29, 0.717) is 88.7 Å². The van der Waals surface area contributed by atoms with Gasteiger partial charge in [0.15, 0.2) is 5.78 Å². The van der Waals surface area contributed by atoms with Crippen LogP contribution in [0, 0.1) is 68.0 Å². The first-order chi connectivity index (χ1) is 39.8. The van der Waals surface area contributed by atoms with Crippen molar-refractivity contribution in [2.45, 2.75) is 236 Å². The maximum atomic E-state index is 16.5. The van der Waals surface area contributed by atoms with Crippen LogP contribution < -0.4 is 5.32 Å². The quantitative estimate of drug-likeness (QED) is 0.0750. The van der Waals surface area contributed by atoms with Gasteiger partial charge in [0.05, 0.1) is 40.4 Å². The second-order valence-electron chi connectivity index (χ2n) is 31.2. The first-order valence-electron chi connectivity index (χ1n) is 33.1. The average Bonchev–Trinajstić information content (AvgIpc) is 1.65. The number of H-pyrrole nitrogens is 2. The Labute approximate surface area is 491 Å². The Morgan fingerprint density at radius 3 is 2.47 bits per heavy atom. The highest BCUT2D eigenvalue weighted by Crippen LogP contribution is 2.85. The highest BCUT2D eigenvalue weighted by atomic mass is 16.6. The molecule has 16 unspecified atom stereocenters. The van der Waals surface area contributed by atoms with Crippen LogP contribution in [0.4, 0.5) is 0 Å². The van der Waals surface area contributed by atoms with Gasteiger partial charge >= 0.3 is 0 Å². The van der Waals surface area contributed by atoms with Crippen LogP contribution in [0.1, 0.15) is 220 Å². The minimum absolute atomic E-state index is 0.0642. The first kappa shape index (κ1) is 54.1. The van der Waals surface area contributed by atoms with Crippen LogP contribution in [-0.2, 0) is 44.1 Å². The number of aliphatic hydroxyl groups excluding tert-OH is 2. The summed E-state index contributed by atoms with van der Waals surface area (Å²) in [6, 6.07) is 9.57. The van der Waals surface area contributed by atoms with Gasteiger partial charge in [-0.1, -0.05) is 64.7 Å². The number of carbonyl (C=O) groups is 2. The number of nitrogens with one attached hydrogen (secondary N) is 3. The third-order valence-electron chi connectivity index (χ3n) is 27.5. The van der Waals surface area contributed by atoms with E-state index < -0.39 is 56.4 Å². The number of aliphatic hydroxyl groups is 3. The van der Waals surface area contributed by atoms with Crippen molar-refractivity contribution in [2.24, 2.45) is 56.2 Å². The molecule has 8 fully saturated rings. The van der Waals surface area contributed by atoms with E-state index in [0.717, 1.165) is 85.5 Å². The van der Waals surface area contributed by atoms with Crippen molar-refractivity contribution >= 4 is 22.6 Å². The summed E-state index contributed by atoms with van der Waals surface area (Å²) < 4.78 is 14.6. The Morgan fingerprint density at radius 1 is 0.892 bits per heavy atom. The van der Waals surface area contributed by atoms with E-state index in [1.54, 1.807) is 0 Å². The summed E-state index contributed by atoms with van der Waals surface area (Å²) in [6.45, 7) is 13.1. The Hall–Kier alpha value is -4.28. The molecule has 12 aliphatic rings. The van der Waals surface area contributed by atoms with Crippen LogP contribution in [0.3, 0.4) is 0 Å². The van der Waals surface area contributed by atoms with Gasteiger partial charge in [-0.25, -0.2) is 0 Å². The Morgan fingerprint density at radius 2 is 1.69 bits per heavy atom. The molecule has 0 amide bonds. The molecule has 4 aromatic rings. The summed E-state index contributed by atoms with van der Waals surface area (Å²) in [5.74, 6) is 8.34. The molecule has 0 radical (unpaired) electrons. The molecule has 7 bridgehead atoms. The van der Waals surface area contributed by atoms with Gasteiger partial charge in [-0.05, 0) is 189 Å². The zero-order chi connectivity index (χ0) is 57.0. The lowest BCUT2D eigenvalue weighted by Gasteiger charge is -2.77. The Kier molecular flexibility index (Phi) is 12.0. The van der Waals surface area contributed by atoms with E-state index in [4.69, 9.17) is 9.47 Å². The maximum Gasteiger partial charge on any atom is 0.160 e. The van der Waals surface area contributed by atoms with Crippen LogP contribution >= 0.6 is 0 Å². The van der Waals surface area contributed by atoms with Crippen LogP contribution in [0.5, 0.6) is 0 Å². The van der Waals surface area contributed by atoms with E-state index in [1.807, 2.05) is 0 Å². The number of ketones is 2. The number of carbonyl (C=O) groups excluding carboxylic acids is 2. The number of ether oxygens (including phenoxy) is 2. The fraction of sp³-hybridized carbons (Fsp3) is 0.694. The van der Waals surface area contributed by atoms with E-state index in [1.165, 1.54) is 65.6 Å². The van der Waals surface area contributed by atoms with Crippen molar-refractivity contribution in [3.05, 3.63) is 93.1 Å². The molecule has 6 heterocycles. The molecule has 6 N–H and O–H groups in total. The minimum Gasteiger partial charge on any atom is -0.392 e. The monoisotopic (exact) mass is 1120 g/mol. The molecule has 442 valence electrons. The molecular weight excluding hydrogens is 1030 g/mol. The van der Waals surface area contributed by atoms with Crippen LogP contribution in [0.2, 0.25) is 0 Å². The van der Waals surface area contributed by atoms with E-state index in [-0.39, 0.29) is 47.0 Å². The normalized spacial score (nSPS) is 42.2. The molecule has 11 heteroatoms. The number of Topliss-reactive ketones (excluding diaryl/α,β-unsaturated/α-hetero) is 2. The van der Waals surface area contributed by atoms with Crippen LogP contribution in [0.15, 0.2) is 54.0 Å². The van der Waals surface area contributed by atoms with Crippen molar-refractivity contribution in [1.29, 1.82) is 0 Å². The van der Waals surface area contributed by atoms with Gasteiger partial charge < -0.3 is 44.6 Å². The van der Waals surface area contributed by atoms with E-state index in [9.17, 15) is 15.3 Å². The van der Waals surface area contributed by atoms with Gasteiger partial charge in [0.25, 0.3) is 0 Å². The zero-order valence-electron chi connectivity index (χ0n) is 50.5. The van der Waals surface area contributed by atoms with Crippen molar-refractivity contribution in [1.82, 2.24) is 19.9 Å². The van der Waals surface area contributed by atoms with Gasteiger partial charge in [-0.3, -0.25) is 9.59 Å². The van der Waals surface area contributed by atoms with Crippen molar-refractivity contribution in [2.75, 3.05) is 20.3 Å².